The number of nitrogens with zero attached hydrogens (tertiary/aromatic N) is 3. The number of anilines is 1. The molecule has 2 aromatic heterocycles. The number of nitrogens with one attached hydrogen (secondary N) is 1. The van der Waals surface area contributed by atoms with Gasteiger partial charge in [-0.15, -0.1) is 11.3 Å². The molecule has 0 amide bonds. The molecule has 0 saturated carbocycles. The van der Waals surface area contributed by atoms with Gasteiger partial charge in [-0.2, -0.15) is 4.31 Å². The molecule has 25 heavy (non-hydrogen) atoms. The molecular formula is C17H24N4O2S2. The van der Waals surface area contributed by atoms with Crippen LogP contribution < -0.4 is 5.32 Å². The summed E-state index contributed by atoms with van der Waals surface area (Å²) in [6, 6.07) is 3.35. The number of rotatable bonds is 6. The highest BCUT2D eigenvalue weighted by Crippen LogP contribution is 2.25. The van der Waals surface area contributed by atoms with Gasteiger partial charge in [0, 0.05) is 30.6 Å². The van der Waals surface area contributed by atoms with Crippen LogP contribution in [0.3, 0.4) is 0 Å². The van der Waals surface area contributed by atoms with Crippen LogP contribution in [0.5, 0.6) is 0 Å². The lowest BCUT2D eigenvalue weighted by atomic mass is 10.2. The van der Waals surface area contributed by atoms with Crippen molar-refractivity contribution in [1.29, 1.82) is 0 Å². The Labute approximate surface area is 153 Å². The topological polar surface area (TPSA) is 75.2 Å². The molecule has 6 nitrogen and oxygen atoms in total. The molecule has 0 radical (unpaired) electrons. The van der Waals surface area contributed by atoms with E-state index in [1.807, 2.05) is 6.92 Å². The number of pyridine rings is 1. The van der Waals surface area contributed by atoms with E-state index in [0.717, 1.165) is 23.5 Å². The first-order chi connectivity index (χ1) is 11.9. The van der Waals surface area contributed by atoms with E-state index in [9.17, 15) is 8.42 Å². The summed E-state index contributed by atoms with van der Waals surface area (Å²) in [5.74, 6) is 1.06. The van der Waals surface area contributed by atoms with Crippen molar-refractivity contribution in [3.05, 3.63) is 34.4 Å². The maximum Gasteiger partial charge on any atom is 0.244 e. The molecular weight excluding hydrogens is 356 g/mol. The van der Waals surface area contributed by atoms with Crippen LogP contribution in [-0.2, 0) is 10.0 Å². The lowest BCUT2D eigenvalue weighted by Crippen LogP contribution is -2.27. The van der Waals surface area contributed by atoms with E-state index in [0.29, 0.717) is 24.8 Å². The van der Waals surface area contributed by atoms with Crippen LogP contribution in [0.4, 0.5) is 5.82 Å². The Balaban J connectivity index is 1.69. The number of sulfonamides is 1. The lowest BCUT2D eigenvalue weighted by molar-refractivity contribution is 0.477. The minimum absolute atomic E-state index is 0.0114. The van der Waals surface area contributed by atoms with Gasteiger partial charge in [-0.25, -0.2) is 18.4 Å². The summed E-state index contributed by atoms with van der Waals surface area (Å²) >= 11 is 1.66. The van der Waals surface area contributed by atoms with Crippen LogP contribution in [0.15, 0.2) is 28.6 Å². The van der Waals surface area contributed by atoms with E-state index < -0.39 is 10.0 Å². The van der Waals surface area contributed by atoms with Gasteiger partial charge in [0.15, 0.2) is 0 Å². The first-order valence-electron chi connectivity index (χ1n) is 8.56. The highest BCUT2D eigenvalue weighted by atomic mass is 32.2. The normalized spacial score (nSPS) is 17.1. The first-order valence-corrected chi connectivity index (χ1v) is 10.9. The van der Waals surface area contributed by atoms with E-state index in [1.165, 1.54) is 10.5 Å². The minimum atomic E-state index is -3.41. The summed E-state index contributed by atoms with van der Waals surface area (Å²) in [6.07, 6.45) is 3.29. The standard InChI is InChI=1S/C17H24N4O2S2/c1-12(2)17-20-15(11-24-17)13(3)19-16-7-6-14(10-18-16)25(22,23)21-8-4-5-9-21/h6-7,10-13H,4-5,8-9H2,1-3H3,(H,18,19). The van der Waals surface area contributed by atoms with Crippen molar-refractivity contribution in [2.45, 2.75) is 50.5 Å². The molecule has 1 aliphatic rings. The highest BCUT2D eigenvalue weighted by Gasteiger charge is 2.27. The van der Waals surface area contributed by atoms with Crippen molar-refractivity contribution in [3.8, 4) is 0 Å². The Bertz CT molecular complexity index is 809. The van der Waals surface area contributed by atoms with E-state index in [-0.39, 0.29) is 10.9 Å². The van der Waals surface area contributed by atoms with Gasteiger partial charge in [0.25, 0.3) is 0 Å². The molecule has 8 heteroatoms. The molecule has 0 aromatic carbocycles. The molecule has 136 valence electrons. The summed E-state index contributed by atoms with van der Waals surface area (Å²) in [7, 11) is -3.41. The summed E-state index contributed by atoms with van der Waals surface area (Å²) < 4.78 is 26.6. The quantitative estimate of drug-likeness (QED) is 0.828. The van der Waals surface area contributed by atoms with E-state index in [2.05, 4.69) is 34.5 Å². The van der Waals surface area contributed by atoms with Crippen LogP contribution in [0, 0.1) is 0 Å². The van der Waals surface area contributed by atoms with E-state index >= 15 is 0 Å². The van der Waals surface area contributed by atoms with Crippen LogP contribution in [0.25, 0.3) is 0 Å². The Morgan fingerprint density at radius 2 is 1.92 bits per heavy atom. The van der Waals surface area contributed by atoms with Gasteiger partial charge in [-0.05, 0) is 31.9 Å². The average molecular weight is 381 g/mol. The van der Waals surface area contributed by atoms with Gasteiger partial charge >= 0.3 is 0 Å². The van der Waals surface area contributed by atoms with Gasteiger partial charge in [0.1, 0.15) is 10.7 Å². The smallest absolute Gasteiger partial charge is 0.244 e. The molecule has 0 spiro atoms. The molecule has 1 aliphatic heterocycles. The van der Waals surface area contributed by atoms with Crippen molar-refractivity contribution in [1.82, 2.24) is 14.3 Å². The molecule has 1 unspecified atom stereocenters. The fourth-order valence-corrected chi connectivity index (χ4v) is 5.15. The zero-order chi connectivity index (χ0) is 18.0. The van der Waals surface area contributed by atoms with Crippen LogP contribution in [-0.4, -0.2) is 35.8 Å². The van der Waals surface area contributed by atoms with Crippen molar-refractivity contribution >= 4 is 27.2 Å². The Kier molecular flexibility index (Phi) is 5.41. The second-order valence-corrected chi connectivity index (χ2v) is 9.45. The third kappa shape index (κ3) is 4.02. The van der Waals surface area contributed by atoms with Crippen molar-refractivity contribution in [2.75, 3.05) is 18.4 Å². The number of hydrogen-bond donors (Lipinski definition) is 1. The molecule has 1 atom stereocenters. The van der Waals surface area contributed by atoms with Gasteiger partial charge in [-0.3, -0.25) is 0 Å². The Morgan fingerprint density at radius 1 is 1.20 bits per heavy atom. The van der Waals surface area contributed by atoms with Crippen LogP contribution >= 0.6 is 11.3 Å². The minimum Gasteiger partial charge on any atom is -0.362 e. The third-order valence-corrected chi connectivity index (χ3v) is 7.33. The van der Waals surface area contributed by atoms with Crippen molar-refractivity contribution in [3.63, 3.8) is 0 Å². The Hall–Kier alpha value is -1.51. The maximum atomic E-state index is 12.5. The predicted octanol–water partition coefficient (Wildman–Crippen LogP) is 3.62. The van der Waals surface area contributed by atoms with E-state index in [4.69, 9.17) is 0 Å². The number of aromatic nitrogens is 2. The zero-order valence-corrected chi connectivity index (χ0v) is 16.4. The molecule has 1 N–H and O–H groups in total. The SMILES string of the molecule is CC(C)c1nc(C(C)Nc2ccc(S(=O)(=O)N3CCCC3)cn2)cs1. The van der Waals surface area contributed by atoms with Crippen LogP contribution in [0.2, 0.25) is 0 Å². The molecule has 2 aromatic rings. The van der Waals surface area contributed by atoms with E-state index in [1.54, 1.807) is 23.5 Å². The molecule has 0 bridgehead atoms. The third-order valence-electron chi connectivity index (χ3n) is 4.28. The first kappa shape index (κ1) is 18.3. The van der Waals surface area contributed by atoms with Crippen LogP contribution in [0.1, 0.15) is 56.3 Å². The molecule has 1 saturated heterocycles. The molecule has 0 aliphatic carbocycles. The van der Waals surface area contributed by atoms with Crippen molar-refractivity contribution < 1.29 is 8.42 Å². The van der Waals surface area contributed by atoms with Crippen molar-refractivity contribution in [2.24, 2.45) is 0 Å². The highest BCUT2D eigenvalue weighted by molar-refractivity contribution is 7.89. The second kappa shape index (κ2) is 7.39. The summed E-state index contributed by atoms with van der Waals surface area (Å²) in [5, 5.41) is 6.45. The number of thiazole rings is 1. The summed E-state index contributed by atoms with van der Waals surface area (Å²) in [6.45, 7) is 7.47. The fourth-order valence-electron chi connectivity index (χ4n) is 2.76. The second-order valence-electron chi connectivity index (χ2n) is 6.62. The molecule has 1 fully saturated rings. The number of hydrogen-bond acceptors (Lipinski definition) is 6. The lowest BCUT2D eigenvalue weighted by Gasteiger charge is -2.16. The maximum absolute atomic E-state index is 12.5. The summed E-state index contributed by atoms with van der Waals surface area (Å²) in [5.41, 5.74) is 0.976. The van der Waals surface area contributed by atoms with Gasteiger partial charge in [0.05, 0.1) is 16.7 Å². The largest absolute Gasteiger partial charge is 0.362 e. The predicted molar refractivity (Wildman–Crippen MR) is 100 cm³/mol. The molecule has 3 rings (SSSR count). The monoisotopic (exact) mass is 380 g/mol. The average Bonchev–Trinajstić information content (AvgIpc) is 3.27. The van der Waals surface area contributed by atoms with Gasteiger partial charge < -0.3 is 5.32 Å². The zero-order valence-electron chi connectivity index (χ0n) is 14.8. The van der Waals surface area contributed by atoms with Gasteiger partial charge in [-0.1, -0.05) is 13.8 Å². The summed E-state index contributed by atoms with van der Waals surface area (Å²) in [4.78, 5) is 9.18. The van der Waals surface area contributed by atoms with Gasteiger partial charge in [0.2, 0.25) is 10.0 Å². The fraction of sp³-hybridized carbons (Fsp3) is 0.529. The molecule has 3 heterocycles. The Morgan fingerprint density at radius 3 is 2.48 bits per heavy atom.